The Kier molecular flexibility index (Phi) is 24.1. The molecule has 0 saturated carbocycles. The lowest BCUT2D eigenvalue weighted by Gasteiger charge is -2.16. The molecule has 0 bridgehead atoms. The van der Waals surface area contributed by atoms with Crippen molar-refractivity contribution in [2.45, 2.75) is 20.8 Å². The van der Waals surface area contributed by atoms with E-state index in [1.54, 1.807) is 36.4 Å². The van der Waals surface area contributed by atoms with Gasteiger partial charge in [0.05, 0.1) is 101 Å². The number of benzene rings is 18. The number of halogens is 3. The predicted octanol–water partition coefficient (Wildman–Crippen LogP) is 36.3. The third kappa shape index (κ3) is 18.3. The lowest BCUT2D eigenvalue weighted by Crippen LogP contribution is -1.95. The van der Waals surface area contributed by atoms with Crippen LogP contribution in [0.15, 0.2) is 491 Å². The van der Waals surface area contributed by atoms with E-state index in [1.807, 2.05) is 109 Å². The van der Waals surface area contributed by atoms with Gasteiger partial charge in [-0.05, 0) is 304 Å². The van der Waals surface area contributed by atoms with E-state index in [-0.39, 0.29) is 17.5 Å². The van der Waals surface area contributed by atoms with E-state index >= 15 is 0 Å². The number of para-hydroxylation sites is 9. The average molecular weight is 1930 g/mol. The maximum absolute atomic E-state index is 14.1. The quantitative estimate of drug-likeness (QED) is 0.0989. The molecule has 0 amide bonds. The highest BCUT2D eigenvalue weighted by Gasteiger charge is 2.24. The maximum Gasteiger partial charge on any atom is 0.123 e. The van der Waals surface area contributed by atoms with Gasteiger partial charge in [-0.15, -0.1) is 0 Å². The molecule has 0 aliphatic rings. The van der Waals surface area contributed by atoms with E-state index in [2.05, 4.69) is 330 Å². The van der Waals surface area contributed by atoms with Gasteiger partial charge in [0.1, 0.15) is 17.5 Å². The minimum atomic E-state index is -0.305. The molecule has 708 valence electrons. The lowest BCUT2D eigenvalue weighted by molar-refractivity contribution is 0.627. The first-order chi connectivity index (χ1) is 73.7. The lowest BCUT2D eigenvalue weighted by atomic mass is 9.93. The summed E-state index contributed by atoms with van der Waals surface area (Å²) in [7, 11) is 0. The second-order valence-electron chi connectivity index (χ2n) is 38.0. The molecule has 0 atom stereocenters. The first-order valence-corrected chi connectivity index (χ1v) is 50.1. The summed E-state index contributed by atoms with van der Waals surface area (Å²) in [6.45, 7) is 6.46. The van der Waals surface area contributed by atoms with Crippen LogP contribution >= 0.6 is 0 Å². The molecule has 12 heteroatoms. The average Bonchev–Trinajstić information content (AvgIpc) is 0.762. The van der Waals surface area contributed by atoms with Crippen LogP contribution in [0.5, 0.6) is 0 Å². The Labute approximate surface area is 864 Å². The van der Waals surface area contributed by atoms with Crippen molar-refractivity contribution in [3.63, 3.8) is 0 Å². The van der Waals surface area contributed by atoms with E-state index in [1.165, 1.54) is 69.2 Å². The fourth-order valence-corrected chi connectivity index (χ4v) is 20.8. The molecule has 27 rings (SSSR count). The second-order valence-corrected chi connectivity index (χ2v) is 38.0. The van der Waals surface area contributed by atoms with Crippen LogP contribution in [0.25, 0.3) is 266 Å². The van der Waals surface area contributed by atoms with Gasteiger partial charge in [0, 0.05) is 98.5 Å². The van der Waals surface area contributed by atoms with Crippen LogP contribution in [0.3, 0.4) is 0 Å². The van der Waals surface area contributed by atoms with E-state index < -0.39 is 0 Å². The molecule has 0 saturated heterocycles. The minimum Gasteiger partial charge on any atom is -0.248 e. The van der Waals surface area contributed by atoms with E-state index in [0.717, 1.165) is 250 Å². The third-order valence-electron chi connectivity index (χ3n) is 28.2. The van der Waals surface area contributed by atoms with Crippen LogP contribution in [0.4, 0.5) is 13.2 Å². The molecule has 0 aliphatic heterocycles. The molecule has 27 aromatic rings. The zero-order valence-corrected chi connectivity index (χ0v) is 81.9. The summed E-state index contributed by atoms with van der Waals surface area (Å²) in [4.78, 5) is 46.6. The van der Waals surface area contributed by atoms with Gasteiger partial charge in [-0.25, -0.2) is 58.0 Å². The van der Waals surface area contributed by atoms with E-state index in [0.29, 0.717) is 0 Å². The summed E-state index contributed by atoms with van der Waals surface area (Å²) in [5.74, 6) is -0.915. The fraction of sp³-hybridized carbons (Fsp3) is 0.0217. The Morgan fingerprint density at radius 3 is 0.427 bits per heavy atom. The monoisotopic (exact) mass is 1930 g/mol. The van der Waals surface area contributed by atoms with E-state index in [4.69, 9.17) is 44.9 Å². The highest BCUT2D eigenvalue weighted by molar-refractivity contribution is 6.05. The molecule has 0 unspecified atom stereocenters. The van der Waals surface area contributed by atoms with Gasteiger partial charge in [-0.1, -0.05) is 291 Å². The molecule has 9 aromatic heterocycles. The van der Waals surface area contributed by atoms with E-state index in [9.17, 15) is 13.2 Å². The van der Waals surface area contributed by atoms with Crippen molar-refractivity contribution in [2.75, 3.05) is 0 Å². The van der Waals surface area contributed by atoms with Gasteiger partial charge in [0.2, 0.25) is 0 Å². The van der Waals surface area contributed by atoms with Gasteiger partial charge in [0.15, 0.2) is 0 Å². The standard InChI is InChI=1S/C51H30F3N3.C51H33N3.C36H27N3/c52-37-19-13-31(14-20-37)43-28-49(55-46-10-4-1-7-40(43)46)34-25-35(50-29-44(32-15-21-38(53)22-16-32)41-8-2-5-11-47(41)56-50)27-36(26-34)51-30-45(33-17-23-39(54)24-18-33)42-9-3-6-12-48(42)57-51;1-4-16-34(17-5-1)43-31-49(52-46-25-13-10-22-40(43)46)37-28-38(50-32-44(35-18-6-2-7-19-35)41-23-11-14-26-47(41)53-50)30-39(29-37)51-33-45(36-20-8-3-9-21-36)42-24-12-15-27-48(42)54-51;1-22-16-34(37-31-13-7-4-10-28(22)31)25-19-26(35-17-23(2)29-11-5-8-14-32(29)38-35)21-27(20-25)36-18-24(3)30-12-6-9-15-33(30)39-36/h1-30H;1-33H;4-21H,1-3H3. The summed E-state index contributed by atoms with van der Waals surface area (Å²) in [6.07, 6.45) is 0. The summed E-state index contributed by atoms with van der Waals surface area (Å²) in [5, 5.41) is 9.74. The topological polar surface area (TPSA) is 116 Å². The highest BCUT2D eigenvalue weighted by atomic mass is 19.1. The number of hydrogen-bond donors (Lipinski definition) is 0. The van der Waals surface area contributed by atoms with Crippen molar-refractivity contribution in [1.29, 1.82) is 0 Å². The molecule has 9 heterocycles. The van der Waals surface area contributed by atoms with Crippen molar-refractivity contribution >= 4 is 98.1 Å². The fourth-order valence-electron chi connectivity index (χ4n) is 20.8. The summed E-state index contributed by atoms with van der Waals surface area (Å²) in [5.41, 5.74) is 40.5. The molecule has 18 aromatic carbocycles. The number of pyridine rings is 9. The number of rotatable bonds is 15. The number of fused-ring (bicyclic) bond motifs is 9. The Hall–Kier alpha value is -19.6. The van der Waals surface area contributed by atoms with Gasteiger partial charge < -0.3 is 0 Å². The molecule has 0 fully saturated rings. The zero-order valence-electron chi connectivity index (χ0n) is 81.9. The molecular formula is C138H90F3N9. The van der Waals surface area contributed by atoms with Crippen molar-refractivity contribution in [1.82, 2.24) is 44.9 Å². The third-order valence-corrected chi connectivity index (χ3v) is 28.2. The first-order valence-electron chi connectivity index (χ1n) is 50.1. The Balaban J connectivity index is 0.000000119. The maximum atomic E-state index is 14.1. The van der Waals surface area contributed by atoms with Gasteiger partial charge >= 0.3 is 0 Å². The first kappa shape index (κ1) is 91.6. The van der Waals surface area contributed by atoms with Gasteiger partial charge in [0.25, 0.3) is 0 Å². The summed E-state index contributed by atoms with van der Waals surface area (Å²) in [6, 6.07) is 164. The van der Waals surface area contributed by atoms with Crippen molar-refractivity contribution < 1.29 is 13.2 Å². The number of aromatic nitrogens is 9. The van der Waals surface area contributed by atoms with Crippen molar-refractivity contribution in [2.24, 2.45) is 0 Å². The SMILES string of the molecule is Cc1cc(-c2cc(-c3cc(C)c4ccccc4n3)cc(-c3cc(C)c4ccccc4n3)c2)nc2ccccc12.Fc1ccc(-c2cc(-c3cc(-c4cc(-c5ccc(F)cc5)c5ccccc5n4)cc(-c4cc(-c5ccc(F)cc5)c5ccccc5n4)c3)nc3ccccc23)cc1.c1ccc(-c2cc(-c3cc(-c4cc(-c5ccccc5)c5ccccc5n4)cc(-c4cc(-c5ccccc5)c5ccccc5n4)c3)nc3ccccc23)cc1. The molecule has 0 spiro atoms. The Morgan fingerprint density at radius 2 is 0.253 bits per heavy atom. The van der Waals surface area contributed by atoms with Crippen LogP contribution in [0.1, 0.15) is 16.7 Å². The summed E-state index contributed by atoms with van der Waals surface area (Å²) >= 11 is 0. The number of hydrogen-bond acceptors (Lipinski definition) is 9. The van der Waals surface area contributed by atoms with Crippen LogP contribution in [-0.4, -0.2) is 44.9 Å². The molecule has 0 N–H and O–H groups in total. The summed E-state index contributed by atoms with van der Waals surface area (Å²) < 4.78 is 42.4. The Morgan fingerprint density at radius 1 is 0.120 bits per heavy atom. The van der Waals surface area contributed by atoms with Gasteiger partial charge in [-0.3, -0.25) is 0 Å². The Bertz CT molecular complexity index is 9030. The normalized spacial score (nSPS) is 11.4. The van der Waals surface area contributed by atoms with Crippen molar-refractivity contribution in [3.8, 4) is 168 Å². The number of nitrogens with zero attached hydrogens (tertiary/aromatic N) is 9. The van der Waals surface area contributed by atoms with Crippen LogP contribution in [0, 0.1) is 38.2 Å². The highest BCUT2D eigenvalue weighted by Crippen LogP contribution is 2.46. The minimum absolute atomic E-state index is 0.305. The van der Waals surface area contributed by atoms with Gasteiger partial charge in [-0.2, -0.15) is 0 Å². The predicted molar refractivity (Wildman–Crippen MR) is 613 cm³/mol. The van der Waals surface area contributed by atoms with Crippen LogP contribution in [0.2, 0.25) is 0 Å². The van der Waals surface area contributed by atoms with Crippen LogP contribution < -0.4 is 0 Å². The largest absolute Gasteiger partial charge is 0.248 e. The molecule has 9 nitrogen and oxygen atoms in total. The molecule has 0 radical (unpaired) electrons. The van der Waals surface area contributed by atoms with Crippen molar-refractivity contribution in [3.05, 3.63) is 526 Å². The number of aryl methyl sites for hydroxylation is 3. The second kappa shape index (κ2) is 39.5. The molecular weight excluding hydrogens is 1840 g/mol. The molecule has 0 aliphatic carbocycles. The molecule has 150 heavy (non-hydrogen) atoms. The smallest absolute Gasteiger partial charge is 0.123 e. The zero-order chi connectivity index (χ0) is 101. The van der Waals surface area contributed by atoms with Crippen LogP contribution in [-0.2, 0) is 0 Å².